The lowest BCUT2D eigenvalue weighted by Crippen LogP contribution is -2.38. The highest BCUT2D eigenvalue weighted by atomic mass is 16.7. The van der Waals surface area contributed by atoms with Crippen molar-refractivity contribution in [3.8, 4) is 11.1 Å². The van der Waals surface area contributed by atoms with E-state index in [1.54, 1.807) is 45.0 Å². The van der Waals surface area contributed by atoms with E-state index in [1.807, 2.05) is 6.92 Å². The number of nitrogens with two attached hydrogens (primary N) is 1. The van der Waals surface area contributed by atoms with Crippen LogP contribution in [0.1, 0.15) is 114 Å². The zero-order valence-electron chi connectivity index (χ0n) is 34.0. The largest absolute Gasteiger partial charge is 0.427 e. The number of hydrogen-bond acceptors (Lipinski definition) is 14. The highest BCUT2D eigenvalue weighted by Gasteiger charge is 2.27. The first-order chi connectivity index (χ1) is 28.1. The Labute approximate surface area is 343 Å². The van der Waals surface area contributed by atoms with Crippen LogP contribution in [0.4, 0.5) is 0 Å². The van der Waals surface area contributed by atoms with Crippen LogP contribution in [0.3, 0.4) is 0 Å². The van der Waals surface area contributed by atoms with Crippen molar-refractivity contribution in [2.45, 2.75) is 85.7 Å². The molecule has 59 heavy (non-hydrogen) atoms. The number of hydrogen-bond donors (Lipinski definition) is 4. The fourth-order valence-corrected chi connectivity index (χ4v) is 5.74. The van der Waals surface area contributed by atoms with Crippen molar-refractivity contribution in [2.75, 3.05) is 13.3 Å². The molecule has 0 spiro atoms. The number of ether oxygens (including phenoxy) is 4. The van der Waals surface area contributed by atoms with E-state index < -0.39 is 67.2 Å². The number of aliphatic hydroxyl groups is 1. The van der Waals surface area contributed by atoms with Gasteiger partial charge in [-0.05, 0) is 76.8 Å². The molecular formula is C44H52N4O11. The van der Waals surface area contributed by atoms with Crippen molar-refractivity contribution in [2.24, 2.45) is 23.5 Å². The molecule has 3 atom stereocenters. The van der Waals surface area contributed by atoms with E-state index in [-0.39, 0.29) is 52.5 Å². The lowest BCUT2D eigenvalue weighted by atomic mass is 9.89. The van der Waals surface area contributed by atoms with Gasteiger partial charge >= 0.3 is 23.9 Å². The number of ketones is 1. The molecule has 1 saturated carbocycles. The van der Waals surface area contributed by atoms with E-state index in [0.717, 1.165) is 12.8 Å². The number of amides is 1. The van der Waals surface area contributed by atoms with E-state index in [4.69, 9.17) is 30.1 Å². The Morgan fingerprint density at radius 2 is 1.66 bits per heavy atom. The third kappa shape index (κ3) is 12.7. The molecule has 15 heteroatoms. The molecule has 4 rings (SSSR count). The topological polar surface area (TPSA) is 234 Å². The standard InChI is InChI=1S/C44H52N4O11/c1-7-25(5)39(46)43(54)56-23-57-44(55)40-32(15-16-36(48-40)41(52)47-21-28-9-10-28)33-19-31(22-49)29(8-2)18-34(33)37(50)17-27-11-13-30(14-12-27)35(45)20-38(51)58-26(6)59-42(53)24(3)4/h8,11-16,18-19,24-26,28,39,45,49H,2,7,9-10,17,20-23,46H2,1,3-6H3,(H,47,52)/t25-,26?,39-/m0/s1. The lowest BCUT2D eigenvalue weighted by molar-refractivity contribution is -0.186. The Bertz CT molecular complexity index is 2070. The third-order valence-corrected chi connectivity index (χ3v) is 9.79. The summed E-state index contributed by atoms with van der Waals surface area (Å²) in [6, 6.07) is 11.4. The number of carbonyl (C=O) groups is 6. The van der Waals surface area contributed by atoms with E-state index >= 15 is 0 Å². The predicted molar refractivity (Wildman–Crippen MR) is 217 cm³/mol. The Morgan fingerprint density at radius 3 is 2.27 bits per heavy atom. The Hall–Kier alpha value is -6.06. The van der Waals surface area contributed by atoms with Crippen molar-refractivity contribution in [3.05, 3.63) is 94.3 Å². The molecule has 1 heterocycles. The van der Waals surface area contributed by atoms with Crippen LogP contribution < -0.4 is 11.1 Å². The number of esters is 4. The number of nitrogens with one attached hydrogen (secondary N) is 2. The maximum absolute atomic E-state index is 14.2. The SMILES string of the molecule is C=Cc1cc(C(=O)Cc2ccc(C(=N)CC(=O)OC(C)OC(=O)C(C)C)cc2)c(-c2ccc(C(=O)NCC3CC3)nc2C(=O)OCOC(=O)[C@@H](N)[C@@H](C)CC)cc1CO. The summed E-state index contributed by atoms with van der Waals surface area (Å²) in [4.78, 5) is 82.0. The van der Waals surface area contributed by atoms with Crippen LogP contribution in [-0.2, 0) is 46.4 Å². The first-order valence-corrected chi connectivity index (χ1v) is 19.5. The van der Waals surface area contributed by atoms with Crippen LogP contribution in [-0.4, -0.2) is 77.0 Å². The van der Waals surface area contributed by atoms with Crippen molar-refractivity contribution in [1.82, 2.24) is 10.3 Å². The maximum Gasteiger partial charge on any atom is 0.360 e. The van der Waals surface area contributed by atoms with E-state index in [9.17, 15) is 33.9 Å². The van der Waals surface area contributed by atoms with Gasteiger partial charge < -0.3 is 40.5 Å². The molecule has 1 unspecified atom stereocenters. The minimum atomic E-state index is -1.12. The second-order valence-electron chi connectivity index (χ2n) is 14.7. The van der Waals surface area contributed by atoms with E-state index in [1.165, 1.54) is 37.3 Å². The van der Waals surface area contributed by atoms with Gasteiger partial charge in [0.1, 0.15) is 11.7 Å². The van der Waals surface area contributed by atoms with Gasteiger partial charge in [-0.3, -0.25) is 24.0 Å². The van der Waals surface area contributed by atoms with Gasteiger partial charge in [-0.2, -0.15) is 0 Å². The normalized spacial score (nSPS) is 13.7. The quantitative estimate of drug-likeness (QED) is 0.0462. The van der Waals surface area contributed by atoms with Gasteiger partial charge in [-0.15, -0.1) is 0 Å². The van der Waals surface area contributed by atoms with Gasteiger partial charge in [-0.1, -0.05) is 71.0 Å². The molecule has 0 radical (unpaired) electrons. The second kappa shape index (κ2) is 21.1. The van der Waals surface area contributed by atoms with Gasteiger partial charge in [0.15, 0.2) is 11.5 Å². The van der Waals surface area contributed by atoms with Crippen LogP contribution in [0.2, 0.25) is 0 Å². The summed E-state index contributed by atoms with van der Waals surface area (Å²) >= 11 is 0. The number of Topliss-reactive ketones (excluding diaryl/α,β-unsaturated/α-hetero) is 1. The average molecular weight is 813 g/mol. The van der Waals surface area contributed by atoms with Gasteiger partial charge in [0, 0.05) is 36.7 Å². The van der Waals surface area contributed by atoms with Crippen molar-refractivity contribution in [3.63, 3.8) is 0 Å². The van der Waals surface area contributed by atoms with Crippen LogP contribution in [0.15, 0.2) is 55.1 Å². The molecule has 314 valence electrons. The van der Waals surface area contributed by atoms with Crippen molar-refractivity contribution >= 4 is 47.4 Å². The average Bonchev–Trinajstić information content (AvgIpc) is 4.06. The number of aromatic nitrogens is 1. The monoisotopic (exact) mass is 812 g/mol. The molecule has 0 bridgehead atoms. The molecule has 1 aromatic heterocycles. The van der Waals surface area contributed by atoms with Crippen LogP contribution in [0.25, 0.3) is 17.2 Å². The Balaban J connectivity index is 1.61. The summed E-state index contributed by atoms with van der Waals surface area (Å²) in [5, 5.41) is 21.5. The summed E-state index contributed by atoms with van der Waals surface area (Å²) in [7, 11) is 0. The lowest BCUT2D eigenvalue weighted by Gasteiger charge is -2.18. The summed E-state index contributed by atoms with van der Waals surface area (Å²) in [5.41, 5.74) is 7.72. The molecule has 3 aromatic rings. The maximum atomic E-state index is 14.2. The summed E-state index contributed by atoms with van der Waals surface area (Å²) < 4.78 is 20.6. The number of nitrogens with zero attached hydrogens (tertiary/aromatic N) is 1. The van der Waals surface area contributed by atoms with Gasteiger partial charge in [0.25, 0.3) is 5.91 Å². The number of aliphatic hydroxyl groups excluding tert-OH is 1. The molecule has 0 aliphatic heterocycles. The number of benzene rings is 2. The van der Waals surface area contributed by atoms with Crippen LogP contribution >= 0.6 is 0 Å². The number of rotatable bonds is 21. The molecule has 1 fully saturated rings. The fourth-order valence-electron chi connectivity index (χ4n) is 5.74. The van der Waals surface area contributed by atoms with Gasteiger partial charge in [0.2, 0.25) is 13.1 Å². The molecular weight excluding hydrogens is 761 g/mol. The molecule has 1 aliphatic rings. The first-order valence-electron chi connectivity index (χ1n) is 19.5. The van der Waals surface area contributed by atoms with Gasteiger partial charge in [-0.25, -0.2) is 9.78 Å². The zero-order chi connectivity index (χ0) is 43.4. The van der Waals surface area contributed by atoms with E-state index in [0.29, 0.717) is 41.1 Å². The van der Waals surface area contributed by atoms with E-state index in [2.05, 4.69) is 16.9 Å². The smallest absolute Gasteiger partial charge is 0.360 e. The van der Waals surface area contributed by atoms with Gasteiger partial charge in [0.05, 0.1) is 18.9 Å². The fraction of sp³-hybridized carbons (Fsp3) is 0.409. The summed E-state index contributed by atoms with van der Waals surface area (Å²) in [5.74, 6) is -4.24. The minimum absolute atomic E-state index is 0.0579. The predicted octanol–water partition coefficient (Wildman–Crippen LogP) is 5.33. The van der Waals surface area contributed by atoms with Crippen LogP contribution in [0.5, 0.6) is 0 Å². The molecule has 2 aromatic carbocycles. The Kier molecular flexibility index (Phi) is 16.3. The Morgan fingerprint density at radius 1 is 0.966 bits per heavy atom. The highest BCUT2D eigenvalue weighted by molar-refractivity contribution is 6.09. The number of pyridine rings is 1. The third-order valence-electron chi connectivity index (χ3n) is 9.79. The molecule has 0 saturated heterocycles. The van der Waals surface area contributed by atoms with Crippen molar-refractivity contribution in [1.29, 1.82) is 5.41 Å². The first kappa shape index (κ1) is 45.6. The molecule has 15 nitrogen and oxygen atoms in total. The van der Waals surface area contributed by atoms with Crippen molar-refractivity contribution < 1.29 is 52.8 Å². The second-order valence-corrected chi connectivity index (χ2v) is 14.7. The number of carbonyl (C=O) groups excluding carboxylic acids is 6. The molecule has 1 aliphatic carbocycles. The summed E-state index contributed by atoms with van der Waals surface area (Å²) in [6.07, 6.45) is 2.45. The molecule has 1 amide bonds. The summed E-state index contributed by atoms with van der Waals surface area (Å²) in [6.45, 7) is 11.4. The van der Waals surface area contributed by atoms with Crippen LogP contribution in [0, 0.1) is 23.2 Å². The molecule has 5 N–H and O–H groups in total. The minimum Gasteiger partial charge on any atom is -0.427 e. The zero-order valence-corrected chi connectivity index (χ0v) is 34.0. The highest BCUT2D eigenvalue weighted by Crippen LogP contribution is 2.32.